The Labute approximate surface area is 167 Å². The number of nitrogens with zero attached hydrogens (tertiary/aromatic N) is 2. The Hall–Kier alpha value is -3.28. The van der Waals surface area contributed by atoms with Crippen LogP contribution in [0.2, 0.25) is 0 Å². The second-order valence-electron chi connectivity index (χ2n) is 8.52. The molecule has 0 N–H and O–H groups in total. The van der Waals surface area contributed by atoms with E-state index in [0.29, 0.717) is 17.5 Å². The minimum absolute atomic E-state index is 0.0440. The number of carbonyl (C=O) groups excluding carboxylic acids is 2. The number of carbonyl (C=O) groups is 2. The number of rotatable bonds is 3. The first-order valence-electron chi connectivity index (χ1n) is 9.95. The van der Waals surface area contributed by atoms with Crippen LogP contribution in [0.25, 0.3) is 11.1 Å². The Balaban J connectivity index is 1.29. The van der Waals surface area contributed by atoms with E-state index in [0.717, 1.165) is 17.5 Å². The van der Waals surface area contributed by atoms with E-state index in [1.54, 1.807) is 24.3 Å². The minimum Gasteiger partial charge on any atom is -0.274 e. The van der Waals surface area contributed by atoms with Gasteiger partial charge in [-0.2, -0.15) is 0 Å². The van der Waals surface area contributed by atoms with Gasteiger partial charge in [0.2, 0.25) is 11.8 Å². The van der Waals surface area contributed by atoms with Crippen LogP contribution in [0.3, 0.4) is 0 Å². The summed E-state index contributed by atoms with van der Waals surface area (Å²) in [6.07, 6.45) is 5.50. The first-order chi connectivity index (χ1) is 14.0. The number of hydrogen-bond donors (Lipinski definition) is 0. The summed E-state index contributed by atoms with van der Waals surface area (Å²) >= 11 is 0. The monoisotopic (exact) mass is 386 g/mol. The average Bonchev–Trinajstić information content (AvgIpc) is 3.52. The number of amides is 2. The number of anilines is 1. The van der Waals surface area contributed by atoms with Gasteiger partial charge < -0.3 is 0 Å². The normalized spacial score (nSPS) is 33.6. The Kier molecular flexibility index (Phi) is 3.23. The quantitative estimate of drug-likeness (QED) is 0.348. The Morgan fingerprint density at radius 1 is 0.793 bits per heavy atom. The van der Waals surface area contributed by atoms with Gasteiger partial charge in [-0.1, -0.05) is 24.3 Å². The van der Waals surface area contributed by atoms with Gasteiger partial charge in [0.25, 0.3) is 5.69 Å². The third-order valence-electron chi connectivity index (χ3n) is 7.20. The van der Waals surface area contributed by atoms with Crippen LogP contribution >= 0.6 is 0 Å². The molecule has 3 fully saturated rings. The summed E-state index contributed by atoms with van der Waals surface area (Å²) < 4.78 is 0. The second-order valence-corrected chi connectivity index (χ2v) is 8.52. The lowest BCUT2D eigenvalue weighted by Gasteiger charge is -2.37. The Morgan fingerprint density at radius 3 is 1.76 bits per heavy atom. The van der Waals surface area contributed by atoms with Crippen LogP contribution < -0.4 is 4.90 Å². The van der Waals surface area contributed by atoms with Crippen molar-refractivity contribution in [1.29, 1.82) is 0 Å². The smallest absolute Gasteiger partial charge is 0.269 e. The summed E-state index contributed by atoms with van der Waals surface area (Å²) in [5.74, 6) is 1.10. The molecule has 1 saturated heterocycles. The predicted octanol–water partition coefficient (Wildman–Crippen LogP) is 3.82. The van der Waals surface area contributed by atoms with E-state index in [1.807, 2.05) is 12.1 Å². The molecule has 2 aromatic rings. The van der Waals surface area contributed by atoms with E-state index >= 15 is 0 Å². The number of benzene rings is 2. The minimum atomic E-state index is -0.428. The molecule has 144 valence electrons. The van der Waals surface area contributed by atoms with E-state index < -0.39 is 4.92 Å². The van der Waals surface area contributed by atoms with Gasteiger partial charge in [-0.05, 0) is 65.5 Å². The molecule has 4 aliphatic carbocycles. The van der Waals surface area contributed by atoms with Crippen molar-refractivity contribution in [3.8, 4) is 11.1 Å². The number of allylic oxidation sites excluding steroid dienone is 2. The van der Waals surface area contributed by atoms with Gasteiger partial charge in [0, 0.05) is 12.1 Å². The number of nitro benzene ring substituents is 1. The van der Waals surface area contributed by atoms with Crippen LogP contribution in [0, 0.1) is 45.6 Å². The molecule has 0 radical (unpaired) electrons. The van der Waals surface area contributed by atoms with Gasteiger partial charge in [0.05, 0.1) is 22.4 Å². The van der Waals surface area contributed by atoms with Crippen LogP contribution in [-0.4, -0.2) is 16.7 Å². The molecule has 6 atom stereocenters. The highest BCUT2D eigenvalue weighted by Crippen LogP contribution is 2.65. The van der Waals surface area contributed by atoms with Gasteiger partial charge in [-0.15, -0.1) is 0 Å². The zero-order valence-electron chi connectivity index (χ0n) is 15.5. The van der Waals surface area contributed by atoms with Crippen molar-refractivity contribution in [3.05, 3.63) is 70.8 Å². The van der Waals surface area contributed by atoms with Crippen molar-refractivity contribution in [3.63, 3.8) is 0 Å². The maximum Gasteiger partial charge on any atom is 0.269 e. The lowest BCUT2D eigenvalue weighted by Crippen LogP contribution is -2.40. The Bertz CT molecular complexity index is 1050. The molecule has 2 saturated carbocycles. The molecule has 2 bridgehead atoms. The topological polar surface area (TPSA) is 80.5 Å². The van der Waals surface area contributed by atoms with E-state index in [2.05, 4.69) is 12.2 Å². The molecule has 6 nitrogen and oxygen atoms in total. The number of hydrogen-bond acceptors (Lipinski definition) is 4. The van der Waals surface area contributed by atoms with Crippen LogP contribution in [0.1, 0.15) is 6.42 Å². The first kappa shape index (κ1) is 16.7. The van der Waals surface area contributed by atoms with E-state index in [4.69, 9.17) is 0 Å². The van der Waals surface area contributed by atoms with Gasteiger partial charge in [0.15, 0.2) is 0 Å². The van der Waals surface area contributed by atoms with Crippen molar-refractivity contribution in [2.45, 2.75) is 6.42 Å². The molecule has 6 heteroatoms. The zero-order valence-corrected chi connectivity index (χ0v) is 15.5. The van der Waals surface area contributed by atoms with Gasteiger partial charge in [0.1, 0.15) is 0 Å². The highest BCUT2D eigenvalue weighted by Gasteiger charge is 2.67. The fourth-order valence-corrected chi connectivity index (χ4v) is 5.79. The molecule has 2 aromatic carbocycles. The van der Waals surface area contributed by atoms with Crippen molar-refractivity contribution in [2.75, 3.05) is 4.90 Å². The first-order valence-corrected chi connectivity index (χ1v) is 9.95. The van der Waals surface area contributed by atoms with E-state index in [1.165, 1.54) is 17.0 Å². The molecule has 7 rings (SSSR count). The van der Waals surface area contributed by atoms with Crippen LogP contribution in [0.15, 0.2) is 60.7 Å². The van der Waals surface area contributed by atoms with Gasteiger partial charge >= 0.3 is 0 Å². The third kappa shape index (κ3) is 2.23. The zero-order chi connectivity index (χ0) is 19.9. The van der Waals surface area contributed by atoms with Gasteiger partial charge in [-0.25, -0.2) is 0 Å². The number of nitro groups is 1. The maximum absolute atomic E-state index is 13.2. The molecule has 1 aliphatic heterocycles. The van der Waals surface area contributed by atoms with Crippen molar-refractivity contribution >= 4 is 23.2 Å². The van der Waals surface area contributed by atoms with Crippen LogP contribution in [0.5, 0.6) is 0 Å². The predicted molar refractivity (Wildman–Crippen MR) is 106 cm³/mol. The summed E-state index contributed by atoms with van der Waals surface area (Å²) in [7, 11) is 0. The van der Waals surface area contributed by atoms with Gasteiger partial charge in [-0.3, -0.25) is 24.6 Å². The molecule has 1 heterocycles. The molecular formula is C23H18N2O4. The molecular weight excluding hydrogens is 368 g/mol. The molecule has 0 unspecified atom stereocenters. The average molecular weight is 386 g/mol. The maximum atomic E-state index is 13.2. The van der Waals surface area contributed by atoms with E-state index in [9.17, 15) is 19.7 Å². The van der Waals surface area contributed by atoms with Crippen molar-refractivity contribution in [2.24, 2.45) is 35.5 Å². The summed E-state index contributed by atoms with van der Waals surface area (Å²) in [5, 5.41) is 10.8. The fourth-order valence-electron chi connectivity index (χ4n) is 5.79. The third-order valence-corrected chi connectivity index (χ3v) is 7.20. The van der Waals surface area contributed by atoms with Crippen LogP contribution in [-0.2, 0) is 9.59 Å². The SMILES string of the molecule is O=C1[C@@H]2[C@H]3C=C[C@@H]([C@@H]4C[C@@H]34)[C@@H]2C(=O)N1c1ccc(-c2ccc([N+](=O)[O-])cc2)cc1. The summed E-state index contributed by atoms with van der Waals surface area (Å²) in [6, 6.07) is 13.6. The van der Waals surface area contributed by atoms with Crippen molar-refractivity contribution < 1.29 is 14.5 Å². The van der Waals surface area contributed by atoms with Crippen LogP contribution in [0.4, 0.5) is 11.4 Å². The Morgan fingerprint density at radius 2 is 1.28 bits per heavy atom. The lowest BCUT2D eigenvalue weighted by molar-refractivity contribution is -0.384. The molecule has 0 aromatic heterocycles. The summed E-state index contributed by atoms with van der Waals surface area (Å²) in [4.78, 5) is 38.1. The summed E-state index contributed by atoms with van der Waals surface area (Å²) in [5.41, 5.74) is 2.37. The largest absolute Gasteiger partial charge is 0.274 e. The molecule has 0 spiro atoms. The molecule has 5 aliphatic rings. The molecule has 2 amide bonds. The van der Waals surface area contributed by atoms with Crippen molar-refractivity contribution in [1.82, 2.24) is 0 Å². The fraction of sp³-hybridized carbons (Fsp3) is 0.304. The van der Waals surface area contributed by atoms with E-state index in [-0.39, 0.29) is 41.2 Å². The standard InChI is InChI=1S/C23H18N2O4/c26-22-20-16-9-10-17(19-11-18(16)19)21(20)23(27)24(22)14-5-1-12(2-6-14)13-3-7-15(8-4-13)25(28)29/h1-10,16-21H,11H2/t16-,17-,18-,19-,20-,21+/m0/s1. The number of imide groups is 1. The number of non-ortho nitro benzene ring substituents is 1. The lowest BCUT2D eigenvalue weighted by atomic mass is 9.63. The second kappa shape index (κ2) is 5.63. The molecule has 29 heavy (non-hydrogen) atoms. The summed E-state index contributed by atoms with van der Waals surface area (Å²) in [6.45, 7) is 0. The highest BCUT2D eigenvalue weighted by atomic mass is 16.6. The highest BCUT2D eigenvalue weighted by molar-refractivity contribution is 6.22.